The lowest BCUT2D eigenvalue weighted by molar-refractivity contribution is -0.119. The second-order valence-corrected chi connectivity index (χ2v) is 9.03. The molecule has 0 aliphatic carbocycles. The van der Waals surface area contributed by atoms with Crippen LogP contribution in [0.1, 0.15) is 24.0 Å². The van der Waals surface area contributed by atoms with Crippen molar-refractivity contribution in [2.75, 3.05) is 5.32 Å². The highest BCUT2D eigenvalue weighted by Crippen LogP contribution is 2.31. The maximum absolute atomic E-state index is 13.9. The normalized spacial score (nSPS) is 10.8. The second kappa shape index (κ2) is 9.88. The molecule has 32 heavy (non-hydrogen) atoms. The molecular weight excluding hydrogens is 449 g/mol. The standard InChI is InChI=1S/C23H20FN3O3S2/c1-14(28)25-12-16-8-10-21(32-16)19-13-31-23(26-19)27-22(29)11-7-15-6-9-20(30-15)17-4-2-3-5-18(17)24/h2-6,8-10,13H,7,11-12H2,1H3,(H,25,28)(H,26,27,29). The highest BCUT2D eigenvalue weighted by molar-refractivity contribution is 7.17. The van der Waals surface area contributed by atoms with Gasteiger partial charge in [0, 0.05) is 30.0 Å². The van der Waals surface area contributed by atoms with Gasteiger partial charge in [-0.05, 0) is 36.4 Å². The molecule has 1 aromatic carbocycles. The van der Waals surface area contributed by atoms with Crippen LogP contribution in [-0.4, -0.2) is 16.8 Å². The molecule has 2 N–H and O–H groups in total. The first-order valence-electron chi connectivity index (χ1n) is 9.90. The zero-order valence-electron chi connectivity index (χ0n) is 17.2. The first kappa shape index (κ1) is 21.9. The van der Waals surface area contributed by atoms with Crippen LogP contribution in [-0.2, 0) is 22.6 Å². The molecule has 0 radical (unpaired) electrons. The van der Waals surface area contributed by atoms with Gasteiger partial charge in [0.25, 0.3) is 0 Å². The minimum atomic E-state index is -0.348. The number of carbonyl (C=O) groups excluding carboxylic acids is 2. The third-order valence-corrected chi connectivity index (χ3v) is 6.44. The molecule has 0 spiro atoms. The average Bonchev–Trinajstić information content (AvgIpc) is 3.52. The lowest BCUT2D eigenvalue weighted by Gasteiger charge is -2.01. The van der Waals surface area contributed by atoms with Crippen LogP contribution in [0.15, 0.2) is 58.3 Å². The lowest BCUT2D eigenvalue weighted by atomic mass is 10.1. The van der Waals surface area contributed by atoms with Gasteiger partial charge in [0.05, 0.1) is 22.7 Å². The van der Waals surface area contributed by atoms with Crippen LogP contribution in [0.2, 0.25) is 0 Å². The van der Waals surface area contributed by atoms with Gasteiger partial charge in [-0.3, -0.25) is 9.59 Å². The van der Waals surface area contributed by atoms with E-state index in [-0.39, 0.29) is 24.1 Å². The number of aromatic nitrogens is 1. The van der Waals surface area contributed by atoms with Crippen molar-refractivity contribution in [3.63, 3.8) is 0 Å². The Hall–Kier alpha value is -3.30. The van der Waals surface area contributed by atoms with Crippen LogP contribution in [0.4, 0.5) is 9.52 Å². The van der Waals surface area contributed by atoms with Crippen LogP contribution in [0, 0.1) is 5.82 Å². The fraction of sp³-hybridized carbons (Fsp3) is 0.174. The number of hydrogen-bond acceptors (Lipinski definition) is 6. The third-order valence-electron chi connectivity index (χ3n) is 4.58. The molecule has 6 nitrogen and oxygen atoms in total. The van der Waals surface area contributed by atoms with Crippen molar-refractivity contribution in [1.29, 1.82) is 0 Å². The van der Waals surface area contributed by atoms with E-state index in [0.717, 1.165) is 15.4 Å². The van der Waals surface area contributed by atoms with Gasteiger partial charge in [-0.2, -0.15) is 0 Å². The molecule has 0 aliphatic heterocycles. The van der Waals surface area contributed by atoms with E-state index in [1.54, 1.807) is 41.7 Å². The van der Waals surface area contributed by atoms with Gasteiger partial charge in [-0.1, -0.05) is 12.1 Å². The smallest absolute Gasteiger partial charge is 0.226 e. The summed E-state index contributed by atoms with van der Waals surface area (Å²) in [6.45, 7) is 1.97. The summed E-state index contributed by atoms with van der Waals surface area (Å²) < 4.78 is 19.6. The Bertz CT molecular complexity index is 1240. The molecule has 3 heterocycles. The topological polar surface area (TPSA) is 84.2 Å². The number of halogens is 1. The molecule has 0 atom stereocenters. The minimum Gasteiger partial charge on any atom is -0.461 e. The first-order chi connectivity index (χ1) is 15.5. The molecule has 0 fully saturated rings. The van der Waals surface area contributed by atoms with Crippen molar-refractivity contribution >= 4 is 39.6 Å². The fourth-order valence-corrected chi connectivity index (χ4v) is 4.71. The Labute approximate surface area is 192 Å². The van der Waals surface area contributed by atoms with Crippen molar-refractivity contribution in [1.82, 2.24) is 10.3 Å². The number of aryl methyl sites for hydroxylation is 1. The number of hydrogen-bond donors (Lipinski definition) is 2. The number of thiazole rings is 1. The van der Waals surface area contributed by atoms with Gasteiger partial charge in [0.2, 0.25) is 11.8 Å². The summed E-state index contributed by atoms with van der Waals surface area (Å²) in [5.74, 6) is 0.461. The predicted octanol–water partition coefficient (Wildman–Crippen LogP) is 5.48. The number of rotatable bonds is 8. The summed E-state index contributed by atoms with van der Waals surface area (Å²) >= 11 is 2.90. The number of carbonyl (C=O) groups is 2. The van der Waals surface area contributed by atoms with Crippen molar-refractivity contribution in [2.24, 2.45) is 0 Å². The van der Waals surface area contributed by atoms with Crippen LogP contribution in [0.5, 0.6) is 0 Å². The number of amides is 2. The van der Waals surface area contributed by atoms with Gasteiger partial charge >= 0.3 is 0 Å². The SMILES string of the molecule is CC(=O)NCc1ccc(-c2csc(NC(=O)CCc3ccc(-c4ccccc4F)o3)n2)s1. The van der Waals surface area contributed by atoms with Crippen molar-refractivity contribution in [2.45, 2.75) is 26.3 Å². The molecular formula is C23H20FN3O3S2. The molecule has 0 saturated heterocycles. The van der Waals surface area contributed by atoms with Gasteiger partial charge < -0.3 is 15.1 Å². The van der Waals surface area contributed by atoms with Crippen LogP contribution in [0.3, 0.4) is 0 Å². The highest BCUT2D eigenvalue weighted by atomic mass is 32.1. The second-order valence-electron chi connectivity index (χ2n) is 7.01. The molecule has 3 aromatic heterocycles. The van der Waals surface area contributed by atoms with Gasteiger partial charge in [0.15, 0.2) is 5.13 Å². The summed E-state index contributed by atoms with van der Waals surface area (Å²) in [6, 6.07) is 13.8. The highest BCUT2D eigenvalue weighted by Gasteiger charge is 2.13. The van der Waals surface area contributed by atoms with Crippen LogP contribution >= 0.6 is 22.7 Å². The Kier molecular flexibility index (Phi) is 6.77. The number of benzene rings is 1. The molecule has 0 saturated carbocycles. The van der Waals surface area contributed by atoms with E-state index < -0.39 is 0 Å². The summed E-state index contributed by atoms with van der Waals surface area (Å²) in [6.07, 6.45) is 0.620. The predicted molar refractivity (Wildman–Crippen MR) is 124 cm³/mol. The Morgan fingerprint density at radius 2 is 1.97 bits per heavy atom. The summed E-state index contributed by atoms with van der Waals surface area (Å²) in [4.78, 5) is 29.9. The maximum atomic E-state index is 13.9. The maximum Gasteiger partial charge on any atom is 0.226 e. The zero-order chi connectivity index (χ0) is 22.5. The number of nitrogens with one attached hydrogen (secondary N) is 2. The molecule has 4 aromatic rings. The Morgan fingerprint density at radius 1 is 1.12 bits per heavy atom. The van der Waals surface area contributed by atoms with E-state index >= 15 is 0 Å². The number of furan rings is 1. The summed E-state index contributed by atoms with van der Waals surface area (Å²) in [5, 5.41) is 7.99. The van der Waals surface area contributed by atoms with E-state index in [1.165, 1.54) is 24.3 Å². The van der Waals surface area contributed by atoms with Crippen LogP contribution in [0.25, 0.3) is 21.9 Å². The third kappa shape index (κ3) is 5.49. The molecule has 2 amide bonds. The first-order valence-corrected chi connectivity index (χ1v) is 11.6. The van der Waals surface area contributed by atoms with Crippen molar-refractivity contribution < 1.29 is 18.4 Å². The van der Waals surface area contributed by atoms with Gasteiger partial charge in [-0.15, -0.1) is 22.7 Å². The summed E-state index contributed by atoms with van der Waals surface area (Å²) in [7, 11) is 0. The molecule has 4 rings (SSSR count). The number of nitrogens with zero attached hydrogens (tertiary/aromatic N) is 1. The molecule has 164 valence electrons. The van der Waals surface area contributed by atoms with Crippen molar-refractivity contribution in [3.8, 4) is 21.9 Å². The van der Waals surface area contributed by atoms with Crippen LogP contribution < -0.4 is 10.6 Å². The van der Waals surface area contributed by atoms with E-state index in [0.29, 0.717) is 35.2 Å². The van der Waals surface area contributed by atoms with Crippen molar-refractivity contribution in [3.05, 3.63) is 70.4 Å². The van der Waals surface area contributed by atoms with E-state index in [2.05, 4.69) is 15.6 Å². The monoisotopic (exact) mass is 469 g/mol. The molecule has 9 heteroatoms. The lowest BCUT2D eigenvalue weighted by Crippen LogP contribution is -2.17. The molecule has 0 aliphatic rings. The number of anilines is 1. The number of thiophene rings is 1. The zero-order valence-corrected chi connectivity index (χ0v) is 18.8. The van der Waals surface area contributed by atoms with Gasteiger partial charge in [0.1, 0.15) is 17.3 Å². The quantitative estimate of drug-likeness (QED) is 0.358. The molecule has 0 bridgehead atoms. The average molecular weight is 470 g/mol. The van der Waals surface area contributed by atoms with E-state index in [1.807, 2.05) is 17.5 Å². The molecule has 0 unspecified atom stereocenters. The minimum absolute atomic E-state index is 0.0726. The van der Waals surface area contributed by atoms with E-state index in [9.17, 15) is 14.0 Å². The Balaban J connectivity index is 1.30. The van der Waals surface area contributed by atoms with E-state index in [4.69, 9.17) is 4.42 Å². The summed E-state index contributed by atoms with van der Waals surface area (Å²) in [5.41, 5.74) is 1.18. The largest absolute Gasteiger partial charge is 0.461 e. The Morgan fingerprint density at radius 3 is 2.78 bits per heavy atom. The van der Waals surface area contributed by atoms with Gasteiger partial charge in [-0.25, -0.2) is 9.37 Å². The fourth-order valence-electron chi connectivity index (χ4n) is 3.00.